The molecule has 33 heteroatoms. The number of nitrogens with zero attached hydrogens (tertiary/aromatic N) is 1. The van der Waals surface area contributed by atoms with Crippen LogP contribution in [0.4, 0.5) is 0 Å². The molecule has 570 valence electrons. The van der Waals surface area contributed by atoms with Crippen LogP contribution in [0.1, 0.15) is 94.4 Å². The molecule has 107 heavy (non-hydrogen) atoms. The highest BCUT2D eigenvalue weighted by Crippen LogP contribution is 2.26. The molecule has 1 fully saturated rings. The minimum Gasteiger partial charge on any atom is -0.481 e. The number of unbranched alkanes of at least 4 members (excludes halogenated alkanes) is 1. The lowest BCUT2D eigenvalue weighted by molar-refractivity contribution is -0.142. The van der Waals surface area contributed by atoms with E-state index in [4.69, 9.17) is 17.2 Å². The Balaban J connectivity index is 1.04. The maximum Gasteiger partial charge on any atom is 0.305 e. The number of aromatic nitrogens is 3. The number of likely N-dealkylation sites (tertiary alicyclic amines) is 1. The number of aliphatic hydroxyl groups excluding tert-OH is 1. The van der Waals surface area contributed by atoms with Gasteiger partial charge in [-0.2, -0.15) is 0 Å². The first-order valence-electron chi connectivity index (χ1n) is 35.3. The highest BCUT2D eigenvalue weighted by molar-refractivity contribution is 6.01. The van der Waals surface area contributed by atoms with E-state index in [9.17, 15) is 58.2 Å². The third-order valence-corrected chi connectivity index (χ3v) is 18.7. The normalized spacial score (nSPS) is 15.5. The summed E-state index contributed by atoms with van der Waals surface area (Å²) in [6, 6.07) is 15.2. The van der Waals surface area contributed by atoms with E-state index in [1.54, 1.807) is 111 Å². The summed E-state index contributed by atoms with van der Waals surface area (Å²) in [5, 5.41) is 47.3. The Kier molecular flexibility index (Phi) is 29.2. The molecule has 4 heterocycles. The van der Waals surface area contributed by atoms with Crippen LogP contribution in [0.25, 0.3) is 32.7 Å². The van der Waals surface area contributed by atoms with E-state index in [0.717, 1.165) is 6.92 Å². The number of nitrogens with two attached hydrogens (primary N) is 3. The van der Waals surface area contributed by atoms with E-state index in [-0.39, 0.29) is 58.0 Å². The molecule has 3 aromatic heterocycles. The van der Waals surface area contributed by atoms with Crippen molar-refractivity contribution < 1.29 is 77.3 Å². The van der Waals surface area contributed by atoms with Gasteiger partial charge in [0.2, 0.25) is 76.8 Å². The van der Waals surface area contributed by atoms with Crippen molar-refractivity contribution in [3.8, 4) is 0 Å². The smallest absolute Gasteiger partial charge is 0.305 e. The van der Waals surface area contributed by atoms with E-state index >= 15 is 19.2 Å². The van der Waals surface area contributed by atoms with Crippen LogP contribution < -0.4 is 70.4 Å². The Morgan fingerprint density at radius 3 is 1.47 bits per heavy atom. The van der Waals surface area contributed by atoms with Crippen molar-refractivity contribution in [1.82, 2.24) is 73.0 Å². The lowest BCUT2D eigenvalue weighted by atomic mass is 9.97. The molecule has 21 N–H and O–H groups in total. The number of carboxylic acid groups (broad SMARTS) is 1. The highest BCUT2D eigenvalue weighted by atomic mass is 16.4. The number of aromatic amines is 3. The van der Waals surface area contributed by atoms with Gasteiger partial charge >= 0.3 is 5.97 Å². The van der Waals surface area contributed by atoms with Gasteiger partial charge in [-0.25, -0.2) is 0 Å². The lowest BCUT2D eigenvalue weighted by Crippen LogP contribution is -2.61. The molecule has 0 radical (unpaired) electrons. The van der Waals surface area contributed by atoms with Crippen LogP contribution in [0, 0.1) is 5.92 Å². The van der Waals surface area contributed by atoms with Gasteiger partial charge in [-0.3, -0.25) is 67.1 Å². The number of benzene rings is 4. The summed E-state index contributed by atoms with van der Waals surface area (Å²) in [7, 11) is 0. The minimum atomic E-state index is -1.75. The van der Waals surface area contributed by atoms with Gasteiger partial charge in [0.25, 0.3) is 0 Å². The number of carbonyl (C=O) groups excluding carboxylic acids is 13. The Labute approximate surface area is 614 Å². The van der Waals surface area contributed by atoms with Crippen LogP contribution in [-0.4, -0.2) is 199 Å². The van der Waals surface area contributed by atoms with Crippen molar-refractivity contribution in [2.45, 2.75) is 158 Å². The first-order chi connectivity index (χ1) is 51.2. The molecule has 13 amide bonds. The second kappa shape index (κ2) is 38.7. The van der Waals surface area contributed by atoms with E-state index in [1.165, 1.54) is 4.90 Å². The molecular formula is C74H93N17O16. The number of carbonyl (C=O) groups is 14. The quantitative estimate of drug-likeness (QED) is 0.0203. The topological polar surface area (TPSA) is 528 Å². The lowest BCUT2D eigenvalue weighted by Gasteiger charge is -2.30. The standard InChI is InChI=1S/C74H93N17O16/c1-4-40(2)64(73(106)88-54(29-42-17-6-5-7-18-42)67(100)84-53(65(77)98)34-63(96)97)90-62(95)38-81-72(105)60-26-16-28-91(60)74(107)58(32-45-37-80-51-24-13-10-21-48(45)51)89-69(102)56(31-44-36-79-50-23-12-9-20-47(44)50)85-66(99)52(25-14-15-27-75)83-68(101)55(30-43-35-78-49-22-11-8-19-46(43)49)86-70(103)57(33-61(76)94)87-71(104)59(39-92)82-41(3)93/h5-13,17-24,35-37,40,52-60,64,78-80,92H,4,14-16,25-34,38-39,75H2,1-3H3,(H2,76,94)(H2,77,98)(H,81,105)(H,82,93)(H,83,101)(H,84,100)(H,85,99)(H,86,103)(H,87,104)(H,88,106)(H,89,102)(H,90,95)(H,96,97)/t40-,52-,53-,54-,55+,56-,57-,58-,59-,60-,64-/m0/s1. The van der Waals surface area contributed by atoms with Crippen molar-refractivity contribution in [1.29, 1.82) is 0 Å². The third-order valence-electron chi connectivity index (χ3n) is 18.7. The van der Waals surface area contributed by atoms with Crippen LogP contribution in [0.3, 0.4) is 0 Å². The molecule has 0 aliphatic carbocycles. The second-order valence-electron chi connectivity index (χ2n) is 26.5. The fraction of sp³-hybridized carbons (Fsp3) is 0.405. The van der Waals surface area contributed by atoms with Crippen LogP contribution in [-0.2, 0) is 92.8 Å². The predicted molar refractivity (Wildman–Crippen MR) is 392 cm³/mol. The number of amides is 13. The molecule has 0 spiro atoms. The number of aliphatic carboxylic acids is 1. The number of fused-ring (bicyclic) bond motifs is 3. The first kappa shape index (κ1) is 80.7. The van der Waals surface area contributed by atoms with Crippen molar-refractivity contribution in [2.24, 2.45) is 23.1 Å². The fourth-order valence-electron chi connectivity index (χ4n) is 12.9. The van der Waals surface area contributed by atoms with E-state index in [0.29, 0.717) is 74.2 Å². The molecule has 1 saturated heterocycles. The van der Waals surface area contributed by atoms with Gasteiger partial charge in [-0.15, -0.1) is 0 Å². The molecule has 33 nitrogen and oxygen atoms in total. The summed E-state index contributed by atoms with van der Waals surface area (Å²) in [4.78, 5) is 204. The van der Waals surface area contributed by atoms with Gasteiger partial charge in [-0.1, -0.05) is 105 Å². The van der Waals surface area contributed by atoms with Crippen molar-refractivity contribution in [3.05, 3.63) is 144 Å². The van der Waals surface area contributed by atoms with Crippen molar-refractivity contribution >= 4 is 115 Å². The SMILES string of the molecule is CC[C@H](C)[C@H](NC(=O)CNC(=O)[C@@H]1CCCN1C(=O)[C@H](Cc1c[nH]c2ccccc12)NC(=O)[C@H](Cc1c[nH]c2ccccc12)NC(=O)[C@H](CCCCN)NC(=O)[C@@H](Cc1c[nH]c2ccccc12)NC(=O)[C@H](CC(N)=O)NC(=O)[C@H](CO)NC(C)=O)C(=O)N[C@@H](Cc1ccccc1)C(=O)N[C@@H](CC(=O)O)C(N)=O. The van der Waals surface area contributed by atoms with Gasteiger partial charge < -0.3 is 100 Å². The molecule has 1 aliphatic rings. The van der Waals surface area contributed by atoms with Gasteiger partial charge in [-0.05, 0) is 85.0 Å². The van der Waals surface area contributed by atoms with Gasteiger partial charge in [0.1, 0.15) is 60.4 Å². The summed E-state index contributed by atoms with van der Waals surface area (Å²) in [6.07, 6.45) is 3.96. The number of primary amides is 2. The molecule has 0 bridgehead atoms. The van der Waals surface area contributed by atoms with Crippen LogP contribution in [0.2, 0.25) is 0 Å². The zero-order valence-corrected chi connectivity index (χ0v) is 59.5. The molecule has 4 aromatic carbocycles. The summed E-state index contributed by atoms with van der Waals surface area (Å²) < 4.78 is 0. The van der Waals surface area contributed by atoms with Crippen molar-refractivity contribution in [2.75, 3.05) is 26.2 Å². The number of hydrogen-bond donors (Lipinski definition) is 18. The van der Waals surface area contributed by atoms with Crippen LogP contribution in [0.15, 0.2) is 122 Å². The number of aliphatic hydroxyl groups is 1. The van der Waals surface area contributed by atoms with Crippen LogP contribution >= 0.6 is 0 Å². The molecule has 7 aromatic rings. The molecule has 1 aliphatic heterocycles. The van der Waals surface area contributed by atoms with E-state index in [2.05, 4.69) is 68.1 Å². The first-order valence-corrected chi connectivity index (χ1v) is 35.3. The van der Waals surface area contributed by atoms with Crippen molar-refractivity contribution in [3.63, 3.8) is 0 Å². The largest absolute Gasteiger partial charge is 0.481 e. The zero-order chi connectivity index (χ0) is 77.4. The van der Waals surface area contributed by atoms with Crippen LogP contribution in [0.5, 0.6) is 0 Å². The molecular weight excluding hydrogens is 1380 g/mol. The number of carboxylic acids is 1. The maximum atomic E-state index is 15.5. The Morgan fingerprint density at radius 2 is 0.972 bits per heavy atom. The highest BCUT2D eigenvalue weighted by Gasteiger charge is 2.41. The number of para-hydroxylation sites is 3. The summed E-state index contributed by atoms with van der Waals surface area (Å²) >= 11 is 0. The zero-order valence-electron chi connectivity index (χ0n) is 59.5. The van der Waals surface area contributed by atoms with Gasteiger partial charge in [0, 0.05) is 90.5 Å². The monoisotopic (exact) mass is 1480 g/mol. The maximum absolute atomic E-state index is 15.5. The Hall–Kier alpha value is -12.0. The number of hydrogen-bond acceptors (Lipinski definition) is 16. The van der Waals surface area contributed by atoms with Gasteiger partial charge in [0.05, 0.1) is 26.0 Å². The number of rotatable bonds is 40. The fourth-order valence-corrected chi connectivity index (χ4v) is 12.9. The number of H-pyrrole nitrogens is 3. The summed E-state index contributed by atoms with van der Waals surface area (Å²) in [5.41, 5.74) is 21.2. The van der Waals surface area contributed by atoms with E-state index in [1.807, 2.05) is 24.3 Å². The average Bonchev–Trinajstić information content (AvgIpc) is 1.73. The summed E-state index contributed by atoms with van der Waals surface area (Å²) in [5.74, 6) is -13.7. The molecule has 0 saturated carbocycles. The second-order valence-corrected chi connectivity index (χ2v) is 26.5. The third kappa shape index (κ3) is 22.5. The molecule has 0 unspecified atom stereocenters. The predicted octanol–water partition coefficient (Wildman–Crippen LogP) is -1.11. The average molecular weight is 1480 g/mol. The Bertz CT molecular complexity index is 4370. The van der Waals surface area contributed by atoms with E-state index < -0.39 is 175 Å². The molecule has 11 atom stereocenters. The molecule has 8 rings (SSSR count). The minimum absolute atomic E-state index is 0.0263. The summed E-state index contributed by atoms with van der Waals surface area (Å²) in [6.45, 7) is 3.15. The van der Waals surface area contributed by atoms with Gasteiger partial charge in [0.15, 0.2) is 0 Å². The Morgan fingerprint density at radius 1 is 0.523 bits per heavy atom. The number of nitrogens with one attached hydrogen (secondary N) is 13.